The molecule has 79 heavy (non-hydrogen) atoms. The van der Waals surface area contributed by atoms with Crippen molar-refractivity contribution in [3.63, 3.8) is 0 Å². The van der Waals surface area contributed by atoms with Gasteiger partial charge >= 0.3 is 5.97 Å². The molecule has 0 saturated heterocycles. The fourth-order valence-corrected chi connectivity index (χ4v) is 11.2. The Labute approximate surface area is 494 Å². The molecule has 0 aromatic carbocycles. The van der Waals surface area contributed by atoms with Crippen LogP contribution in [0.25, 0.3) is 0 Å². The summed E-state index contributed by atoms with van der Waals surface area (Å²) >= 11 is 0. The first-order chi connectivity index (χ1) is 39.0. The highest BCUT2D eigenvalue weighted by atomic mass is 16.5. The first-order valence-corrected chi connectivity index (χ1v) is 35.7. The maximum atomic E-state index is 12.5. The molecule has 0 bridgehead atoms. The Hall–Kier alpha value is -1.92. The van der Waals surface area contributed by atoms with Gasteiger partial charge in [-0.05, 0) is 83.5 Å². The zero-order chi connectivity index (χ0) is 57.1. The van der Waals surface area contributed by atoms with E-state index < -0.39 is 12.1 Å². The Morgan fingerprint density at radius 1 is 0.354 bits per heavy atom. The molecular weight excluding hydrogens is 971 g/mol. The number of hydrogen-bond donors (Lipinski definition) is 3. The zero-order valence-corrected chi connectivity index (χ0v) is 53.4. The van der Waals surface area contributed by atoms with E-state index in [0.29, 0.717) is 25.9 Å². The first-order valence-electron chi connectivity index (χ1n) is 35.7. The summed E-state index contributed by atoms with van der Waals surface area (Å²) in [5, 5.41) is 23.4. The van der Waals surface area contributed by atoms with Gasteiger partial charge in [0.25, 0.3) is 0 Å². The number of aliphatic hydroxyl groups excluding tert-OH is 2. The minimum Gasteiger partial charge on any atom is -0.466 e. The summed E-state index contributed by atoms with van der Waals surface area (Å²) in [6, 6.07) is -0.545. The van der Waals surface area contributed by atoms with Crippen LogP contribution in [0.15, 0.2) is 36.5 Å². The van der Waals surface area contributed by atoms with Crippen LogP contribution in [0.2, 0.25) is 0 Å². The van der Waals surface area contributed by atoms with Gasteiger partial charge in [0.05, 0.1) is 25.4 Å². The van der Waals surface area contributed by atoms with Crippen LogP contribution in [0, 0.1) is 0 Å². The molecule has 2 unspecified atom stereocenters. The molecule has 0 aliphatic rings. The normalized spacial score (nSPS) is 12.7. The maximum absolute atomic E-state index is 12.5. The Morgan fingerprint density at radius 3 is 0.975 bits per heavy atom. The van der Waals surface area contributed by atoms with Gasteiger partial charge < -0.3 is 20.3 Å². The van der Waals surface area contributed by atoms with Crippen molar-refractivity contribution in [3.05, 3.63) is 36.5 Å². The molecule has 0 radical (unpaired) electrons. The number of nitrogens with one attached hydrogen (secondary N) is 1. The van der Waals surface area contributed by atoms with Crippen LogP contribution < -0.4 is 5.32 Å². The summed E-state index contributed by atoms with van der Waals surface area (Å²) in [4.78, 5) is 24.6. The number of rotatable bonds is 67. The molecule has 6 heteroatoms. The molecule has 0 saturated carbocycles. The van der Waals surface area contributed by atoms with E-state index in [2.05, 4.69) is 55.6 Å². The average Bonchev–Trinajstić information content (AvgIpc) is 3.45. The van der Waals surface area contributed by atoms with Gasteiger partial charge in [-0.3, -0.25) is 9.59 Å². The van der Waals surface area contributed by atoms with E-state index in [0.717, 1.165) is 51.4 Å². The van der Waals surface area contributed by atoms with E-state index in [1.807, 2.05) is 0 Å². The Kier molecular flexibility index (Phi) is 66.9. The number of unbranched alkanes of at least 4 members (excludes halogenated alkanes) is 50. The van der Waals surface area contributed by atoms with Gasteiger partial charge in [-0.2, -0.15) is 0 Å². The Morgan fingerprint density at radius 2 is 0.633 bits per heavy atom. The van der Waals surface area contributed by atoms with Gasteiger partial charge in [-0.25, -0.2) is 0 Å². The summed E-state index contributed by atoms with van der Waals surface area (Å²) in [7, 11) is 0. The number of hydrogen-bond acceptors (Lipinski definition) is 5. The molecule has 2 atom stereocenters. The maximum Gasteiger partial charge on any atom is 0.305 e. The second kappa shape index (κ2) is 68.6. The van der Waals surface area contributed by atoms with Gasteiger partial charge in [0.1, 0.15) is 0 Å². The van der Waals surface area contributed by atoms with E-state index in [-0.39, 0.29) is 18.5 Å². The van der Waals surface area contributed by atoms with Crippen molar-refractivity contribution in [3.8, 4) is 0 Å². The van der Waals surface area contributed by atoms with E-state index in [1.54, 1.807) is 0 Å². The predicted molar refractivity (Wildman–Crippen MR) is 347 cm³/mol. The van der Waals surface area contributed by atoms with E-state index in [9.17, 15) is 19.8 Å². The highest BCUT2D eigenvalue weighted by Gasteiger charge is 2.20. The fourth-order valence-electron chi connectivity index (χ4n) is 11.2. The van der Waals surface area contributed by atoms with Crippen LogP contribution in [0.4, 0.5) is 0 Å². The second-order valence-corrected chi connectivity index (χ2v) is 24.6. The number of aliphatic hydroxyl groups is 2. The molecule has 0 heterocycles. The van der Waals surface area contributed by atoms with Crippen LogP contribution >= 0.6 is 0 Å². The van der Waals surface area contributed by atoms with Crippen LogP contribution in [0.1, 0.15) is 393 Å². The highest BCUT2D eigenvalue weighted by molar-refractivity contribution is 5.76. The molecule has 466 valence electrons. The monoisotopic (exact) mass is 1110 g/mol. The van der Waals surface area contributed by atoms with Crippen molar-refractivity contribution in [1.29, 1.82) is 0 Å². The van der Waals surface area contributed by atoms with Crippen LogP contribution in [0.3, 0.4) is 0 Å². The van der Waals surface area contributed by atoms with Crippen molar-refractivity contribution in [2.45, 2.75) is 405 Å². The van der Waals surface area contributed by atoms with Gasteiger partial charge in [-0.1, -0.05) is 333 Å². The largest absolute Gasteiger partial charge is 0.466 e. The van der Waals surface area contributed by atoms with Crippen molar-refractivity contribution >= 4 is 11.9 Å². The van der Waals surface area contributed by atoms with Crippen molar-refractivity contribution in [2.24, 2.45) is 0 Å². The minimum atomic E-state index is -0.668. The van der Waals surface area contributed by atoms with Crippen LogP contribution in [-0.4, -0.2) is 47.4 Å². The quantitative estimate of drug-likeness (QED) is 0.0320. The molecule has 0 fully saturated rings. The third-order valence-corrected chi connectivity index (χ3v) is 16.7. The average molecular weight is 1110 g/mol. The van der Waals surface area contributed by atoms with Gasteiger partial charge in [0.15, 0.2) is 0 Å². The molecular formula is C73H139NO5. The van der Waals surface area contributed by atoms with E-state index in [4.69, 9.17) is 4.74 Å². The zero-order valence-electron chi connectivity index (χ0n) is 53.4. The standard InChI is InChI=1S/C73H139NO5/c1-3-5-7-9-11-13-15-17-19-21-31-34-37-41-45-49-53-57-61-65-71(76)70(69-75)74-72(77)66-62-58-54-50-46-42-38-35-32-29-27-25-23-22-24-26-28-30-33-36-40-44-48-52-56-60-64-68-79-73(78)67-63-59-55-51-47-43-39-20-18-16-14-12-10-8-6-4-2/h20,22-23,26,28,39,70-71,75-76H,3-19,21,24-25,27,29-38,40-69H2,1-2H3,(H,74,77)/b23-22-,28-26-,39-20-. The highest BCUT2D eigenvalue weighted by Crippen LogP contribution is 2.18. The molecule has 0 aromatic rings. The van der Waals surface area contributed by atoms with E-state index >= 15 is 0 Å². The van der Waals surface area contributed by atoms with Gasteiger partial charge in [0, 0.05) is 12.8 Å². The number of ether oxygens (including phenoxy) is 1. The number of carbonyl (C=O) groups excluding carboxylic acids is 2. The van der Waals surface area contributed by atoms with Crippen molar-refractivity contribution in [2.75, 3.05) is 13.2 Å². The summed E-state index contributed by atoms with van der Waals surface area (Å²) in [6.45, 7) is 4.98. The minimum absolute atomic E-state index is 0.00380. The lowest BCUT2D eigenvalue weighted by Crippen LogP contribution is -2.45. The van der Waals surface area contributed by atoms with Crippen molar-refractivity contribution < 1.29 is 24.5 Å². The number of carbonyl (C=O) groups is 2. The molecule has 0 spiro atoms. The Bertz CT molecular complexity index is 1280. The molecule has 3 N–H and O–H groups in total. The molecule has 1 amide bonds. The number of esters is 1. The topological polar surface area (TPSA) is 95.9 Å². The van der Waals surface area contributed by atoms with Gasteiger partial charge in [0.2, 0.25) is 5.91 Å². The SMILES string of the molecule is CCCCCCCCC/C=C\CCCCCCCC(=O)OCCCCCCCCCCC/C=C\C/C=C\CCCCCCCCCCCCCC(=O)NC(CO)C(O)CCCCCCCCCCCCCCCCCCCCC. The van der Waals surface area contributed by atoms with Crippen molar-refractivity contribution in [1.82, 2.24) is 5.32 Å². The van der Waals surface area contributed by atoms with Crippen LogP contribution in [-0.2, 0) is 14.3 Å². The summed E-state index contributed by atoms with van der Waals surface area (Å²) in [6.07, 6.45) is 87.6. The number of amides is 1. The smallest absolute Gasteiger partial charge is 0.305 e. The van der Waals surface area contributed by atoms with Gasteiger partial charge in [-0.15, -0.1) is 0 Å². The summed E-state index contributed by atoms with van der Waals surface area (Å²) < 4.78 is 5.49. The first kappa shape index (κ1) is 77.1. The molecule has 0 aromatic heterocycles. The predicted octanol–water partition coefficient (Wildman–Crippen LogP) is 23.1. The third kappa shape index (κ3) is 65.1. The molecule has 0 aliphatic carbocycles. The number of allylic oxidation sites excluding steroid dienone is 6. The van der Waals surface area contributed by atoms with E-state index in [1.165, 1.54) is 308 Å². The summed E-state index contributed by atoms with van der Waals surface area (Å²) in [5.41, 5.74) is 0. The Balaban J connectivity index is 3.42. The molecule has 0 rings (SSSR count). The lowest BCUT2D eigenvalue weighted by Gasteiger charge is -2.22. The summed E-state index contributed by atoms with van der Waals surface area (Å²) in [5.74, 6) is -0.0309. The lowest BCUT2D eigenvalue weighted by molar-refractivity contribution is -0.143. The third-order valence-electron chi connectivity index (χ3n) is 16.7. The van der Waals surface area contributed by atoms with Crippen LogP contribution in [0.5, 0.6) is 0 Å². The lowest BCUT2D eigenvalue weighted by atomic mass is 10.0. The molecule has 0 aliphatic heterocycles. The fraction of sp³-hybridized carbons (Fsp3) is 0.890. The molecule has 6 nitrogen and oxygen atoms in total. The second-order valence-electron chi connectivity index (χ2n) is 24.6.